The highest BCUT2D eigenvalue weighted by atomic mass is 32.1. The molecular formula is C17H21N3O2S. The standard InChI is InChI=1S/C17H21N3O2S/c1-13-2-7-20(18-13)12-15(21)19-8-5-17(6-9-19)16-14(3-10-22-17)4-11-23-16/h2,4,7,11H,3,5-6,8-10,12H2,1H3. The summed E-state index contributed by atoms with van der Waals surface area (Å²) in [6, 6.07) is 4.15. The molecule has 2 aromatic rings. The zero-order valence-corrected chi connectivity index (χ0v) is 14.1. The number of hydrogen-bond acceptors (Lipinski definition) is 4. The van der Waals surface area contributed by atoms with Crippen molar-refractivity contribution in [2.24, 2.45) is 0 Å². The number of nitrogens with zero attached hydrogens (tertiary/aromatic N) is 3. The van der Waals surface area contributed by atoms with Crippen LogP contribution in [-0.4, -0.2) is 40.3 Å². The number of rotatable bonds is 2. The molecule has 0 aliphatic carbocycles. The van der Waals surface area contributed by atoms with Crippen molar-refractivity contribution in [2.45, 2.75) is 38.3 Å². The summed E-state index contributed by atoms with van der Waals surface area (Å²) in [5.74, 6) is 0.144. The number of aryl methyl sites for hydroxylation is 1. The first-order valence-electron chi connectivity index (χ1n) is 8.15. The van der Waals surface area contributed by atoms with Gasteiger partial charge in [0.1, 0.15) is 12.1 Å². The fourth-order valence-electron chi connectivity index (χ4n) is 3.63. The van der Waals surface area contributed by atoms with Gasteiger partial charge in [0, 0.05) is 24.2 Å². The molecule has 2 aliphatic rings. The number of ether oxygens (including phenoxy) is 1. The highest BCUT2D eigenvalue weighted by Gasteiger charge is 2.42. The third-order valence-electron chi connectivity index (χ3n) is 4.91. The van der Waals surface area contributed by atoms with E-state index in [4.69, 9.17) is 4.74 Å². The van der Waals surface area contributed by atoms with Crippen LogP contribution in [0, 0.1) is 6.92 Å². The van der Waals surface area contributed by atoms with Crippen molar-refractivity contribution in [3.63, 3.8) is 0 Å². The Bertz CT molecular complexity index is 713. The smallest absolute Gasteiger partial charge is 0.244 e. The minimum absolute atomic E-state index is 0.144. The van der Waals surface area contributed by atoms with Crippen molar-refractivity contribution in [2.75, 3.05) is 19.7 Å². The average molecular weight is 331 g/mol. The fourth-order valence-corrected chi connectivity index (χ4v) is 4.80. The summed E-state index contributed by atoms with van der Waals surface area (Å²) in [5, 5.41) is 6.46. The van der Waals surface area contributed by atoms with E-state index in [1.807, 2.05) is 24.1 Å². The van der Waals surface area contributed by atoms with Crippen molar-refractivity contribution < 1.29 is 9.53 Å². The van der Waals surface area contributed by atoms with Gasteiger partial charge < -0.3 is 9.64 Å². The van der Waals surface area contributed by atoms with Gasteiger partial charge in [0.15, 0.2) is 0 Å². The lowest BCUT2D eigenvalue weighted by Gasteiger charge is -2.43. The molecule has 23 heavy (non-hydrogen) atoms. The quantitative estimate of drug-likeness (QED) is 0.849. The van der Waals surface area contributed by atoms with Gasteiger partial charge in [0.2, 0.25) is 5.91 Å². The molecule has 6 heteroatoms. The molecule has 122 valence electrons. The summed E-state index contributed by atoms with van der Waals surface area (Å²) in [6.45, 7) is 4.58. The van der Waals surface area contributed by atoms with Crippen LogP contribution in [0.25, 0.3) is 0 Å². The highest BCUT2D eigenvalue weighted by molar-refractivity contribution is 7.10. The Hall–Kier alpha value is -1.66. The Kier molecular flexibility index (Phi) is 3.73. The Morgan fingerprint density at radius 3 is 2.96 bits per heavy atom. The Morgan fingerprint density at radius 2 is 2.22 bits per heavy atom. The minimum Gasteiger partial charge on any atom is -0.369 e. The van der Waals surface area contributed by atoms with E-state index in [0.29, 0.717) is 6.54 Å². The summed E-state index contributed by atoms with van der Waals surface area (Å²) in [5.41, 5.74) is 2.23. The number of carbonyl (C=O) groups is 1. The summed E-state index contributed by atoms with van der Waals surface area (Å²) >= 11 is 1.80. The van der Waals surface area contributed by atoms with Crippen molar-refractivity contribution in [1.29, 1.82) is 0 Å². The summed E-state index contributed by atoms with van der Waals surface area (Å²) < 4.78 is 7.91. The van der Waals surface area contributed by atoms with Crippen LogP contribution in [0.2, 0.25) is 0 Å². The molecule has 1 spiro atoms. The summed E-state index contributed by atoms with van der Waals surface area (Å²) in [6.07, 6.45) is 4.66. The Morgan fingerprint density at radius 1 is 1.39 bits per heavy atom. The first-order valence-corrected chi connectivity index (χ1v) is 9.03. The first-order chi connectivity index (χ1) is 11.2. The lowest BCUT2D eigenvalue weighted by Crippen LogP contribution is -2.48. The predicted molar refractivity (Wildman–Crippen MR) is 88.4 cm³/mol. The van der Waals surface area contributed by atoms with Crippen LogP contribution in [0.15, 0.2) is 23.7 Å². The van der Waals surface area contributed by atoms with Crippen LogP contribution >= 0.6 is 11.3 Å². The van der Waals surface area contributed by atoms with Crippen LogP contribution in [-0.2, 0) is 28.1 Å². The van der Waals surface area contributed by atoms with Gasteiger partial charge in [-0.2, -0.15) is 5.10 Å². The normalized spacial score (nSPS) is 19.8. The number of amides is 1. The molecule has 0 unspecified atom stereocenters. The Labute approximate surface area is 139 Å². The molecule has 5 nitrogen and oxygen atoms in total. The summed E-state index contributed by atoms with van der Waals surface area (Å²) in [4.78, 5) is 15.8. The number of carbonyl (C=O) groups excluding carboxylic acids is 1. The van der Waals surface area contributed by atoms with Crippen molar-refractivity contribution >= 4 is 17.2 Å². The molecule has 0 radical (unpaired) electrons. The maximum absolute atomic E-state index is 12.5. The van der Waals surface area contributed by atoms with Gasteiger partial charge in [-0.25, -0.2) is 0 Å². The van der Waals surface area contributed by atoms with Crippen LogP contribution < -0.4 is 0 Å². The second kappa shape index (κ2) is 5.76. The van der Waals surface area contributed by atoms with Crippen LogP contribution in [0.4, 0.5) is 0 Å². The van der Waals surface area contributed by atoms with Gasteiger partial charge in [0.25, 0.3) is 0 Å². The number of fused-ring (bicyclic) bond motifs is 2. The second-order valence-electron chi connectivity index (χ2n) is 6.40. The molecule has 0 bridgehead atoms. The molecule has 1 amide bonds. The highest BCUT2D eigenvalue weighted by Crippen LogP contribution is 2.44. The Balaban J connectivity index is 1.43. The molecule has 0 N–H and O–H groups in total. The predicted octanol–water partition coefficient (Wildman–Crippen LogP) is 2.34. The molecule has 1 saturated heterocycles. The van der Waals surface area contributed by atoms with Gasteiger partial charge in [-0.05, 0) is 49.3 Å². The van der Waals surface area contributed by atoms with Crippen molar-refractivity contribution in [1.82, 2.24) is 14.7 Å². The van der Waals surface area contributed by atoms with E-state index >= 15 is 0 Å². The maximum atomic E-state index is 12.5. The zero-order chi connectivity index (χ0) is 15.9. The third kappa shape index (κ3) is 2.70. The maximum Gasteiger partial charge on any atom is 0.244 e. The SMILES string of the molecule is Cc1ccn(CC(=O)N2CCC3(CC2)OCCc2ccsc23)n1. The topological polar surface area (TPSA) is 47.4 Å². The van der Waals surface area contributed by atoms with Gasteiger partial charge in [-0.1, -0.05) is 0 Å². The van der Waals surface area contributed by atoms with Crippen LogP contribution in [0.1, 0.15) is 29.0 Å². The fraction of sp³-hybridized carbons (Fsp3) is 0.529. The molecular weight excluding hydrogens is 310 g/mol. The largest absolute Gasteiger partial charge is 0.369 e. The number of thiophene rings is 1. The minimum atomic E-state index is -0.152. The molecule has 4 rings (SSSR count). The van der Waals surface area contributed by atoms with E-state index in [9.17, 15) is 4.79 Å². The van der Waals surface area contributed by atoms with Crippen LogP contribution in [0.3, 0.4) is 0 Å². The number of piperidine rings is 1. The monoisotopic (exact) mass is 331 g/mol. The lowest BCUT2D eigenvalue weighted by atomic mass is 9.85. The number of aromatic nitrogens is 2. The molecule has 2 aliphatic heterocycles. The van der Waals surface area contributed by atoms with E-state index in [1.54, 1.807) is 16.0 Å². The number of hydrogen-bond donors (Lipinski definition) is 0. The van der Waals surface area contributed by atoms with Crippen molar-refractivity contribution in [3.8, 4) is 0 Å². The average Bonchev–Trinajstić information content (AvgIpc) is 3.18. The second-order valence-corrected chi connectivity index (χ2v) is 7.32. The van der Waals surface area contributed by atoms with Gasteiger partial charge in [0.05, 0.1) is 12.3 Å². The lowest BCUT2D eigenvalue weighted by molar-refractivity contribution is -0.141. The molecule has 1 fully saturated rings. The molecule has 2 aromatic heterocycles. The van der Waals surface area contributed by atoms with Gasteiger partial charge in [-0.15, -0.1) is 11.3 Å². The van der Waals surface area contributed by atoms with Gasteiger partial charge in [-0.3, -0.25) is 9.48 Å². The van der Waals surface area contributed by atoms with Crippen molar-refractivity contribution in [3.05, 3.63) is 39.8 Å². The molecule has 0 aromatic carbocycles. The zero-order valence-electron chi connectivity index (χ0n) is 13.3. The van der Waals surface area contributed by atoms with E-state index in [2.05, 4.69) is 16.5 Å². The van der Waals surface area contributed by atoms with E-state index in [-0.39, 0.29) is 11.5 Å². The first kappa shape index (κ1) is 14.9. The molecule has 0 saturated carbocycles. The van der Waals surface area contributed by atoms with E-state index in [1.165, 1.54) is 10.4 Å². The molecule has 0 atom stereocenters. The van der Waals surface area contributed by atoms with E-state index in [0.717, 1.165) is 44.7 Å². The van der Waals surface area contributed by atoms with E-state index < -0.39 is 0 Å². The third-order valence-corrected chi connectivity index (χ3v) is 6.05. The van der Waals surface area contributed by atoms with Crippen LogP contribution in [0.5, 0.6) is 0 Å². The summed E-state index contributed by atoms with van der Waals surface area (Å²) in [7, 11) is 0. The molecule has 4 heterocycles. The number of likely N-dealkylation sites (tertiary alicyclic amines) is 1. The van der Waals surface area contributed by atoms with Gasteiger partial charge >= 0.3 is 0 Å².